The normalized spacial score (nSPS) is 29.3. The van der Waals surface area contributed by atoms with Crippen molar-refractivity contribution >= 4 is 6.09 Å². The standard InChI is InChI=1S/C12H22N2O2/c1-10(2)9-16-12(15)14-8-7-13-5-3-11(14)4-6-13/h10-11H,3-9H2,1-2H3. The lowest BCUT2D eigenvalue weighted by Gasteiger charge is -2.30. The predicted molar refractivity (Wildman–Crippen MR) is 62.4 cm³/mol. The first kappa shape index (κ1) is 11.7. The van der Waals surface area contributed by atoms with E-state index in [1.54, 1.807) is 0 Å². The van der Waals surface area contributed by atoms with Gasteiger partial charge in [0.15, 0.2) is 0 Å². The Morgan fingerprint density at radius 2 is 1.94 bits per heavy atom. The fraction of sp³-hybridized carbons (Fsp3) is 0.917. The third-order valence-corrected chi connectivity index (χ3v) is 3.43. The van der Waals surface area contributed by atoms with Crippen molar-refractivity contribution < 1.29 is 9.53 Å². The number of fused-ring (bicyclic) bond motifs is 4. The SMILES string of the molecule is CC(C)COC(=O)N1CCN2CCC1CC2. The van der Waals surface area contributed by atoms with Crippen LogP contribution in [-0.4, -0.2) is 54.7 Å². The molecule has 3 rings (SSSR count). The Morgan fingerprint density at radius 1 is 1.25 bits per heavy atom. The molecule has 0 aromatic rings. The molecule has 3 heterocycles. The molecule has 2 bridgehead atoms. The largest absolute Gasteiger partial charge is 0.449 e. The van der Waals surface area contributed by atoms with Gasteiger partial charge in [-0.15, -0.1) is 0 Å². The van der Waals surface area contributed by atoms with Gasteiger partial charge >= 0.3 is 6.09 Å². The molecule has 3 aliphatic heterocycles. The van der Waals surface area contributed by atoms with Gasteiger partial charge in [-0.05, 0) is 18.8 Å². The number of rotatable bonds is 2. The van der Waals surface area contributed by atoms with Crippen LogP contribution in [0.5, 0.6) is 0 Å². The van der Waals surface area contributed by atoms with E-state index in [4.69, 9.17) is 4.74 Å². The van der Waals surface area contributed by atoms with Gasteiger partial charge < -0.3 is 14.5 Å². The third-order valence-electron chi connectivity index (χ3n) is 3.43. The van der Waals surface area contributed by atoms with Crippen molar-refractivity contribution in [3.8, 4) is 0 Å². The van der Waals surface area contributed by atoms with E-state index < -0.39 is 0 Å². The zero-order valence-electron chi connectivity index (χ0n) is 10.3. The summed E-state index contributed by atoms with van der Waals surface area (Å²) in [7, 11) is 0. The first-order valence-electron chi connectivity index (χ1n) is 6.32. The summed E-state index contributed by atoms with van der Waals surface area (Å²) in [6.45, 7) is 8.78. The quantitative estimate of drug-likeness (QED) is 0.716. The number of hydrogen-bond acceptors (Lipinski definition) is 3. The number of hydrogen-bond donors (Lipinski definition) is 0. The van der Waals surface area contributed by atoms with Crippen LogP contribution < -0.4 is 0 Å². The van der Waals surface area contributed by atoms with E-state index >= 15 is 0 Å². The van der Waals surface area contributed by atoms with Crippen LogP contribution in [0.4, 0.5) is 4.79 Å². The third kappa shape index (κ3) is 2.67. The molecule has 0 unspecified atom stereocenters. The Hall–Kier alpha value is -0.770. The summed E-state index contributed by atoms with van der Waals surface area (Å²) in [5.41, 5.74) is 0. The molecule has 92 valence electrons. The van der Waals surface area contributed by atoms with Crippen molar-refractivity contribution in [1.82, 2.24) is 9.80 Å². The van der Waals surface area contributed by atoms with Gasteiger partial charge in [-0.2, -0.15) is 0 Å². The van der Waals surface area contributed by atoms with Crippen LogP contribution >= 0.6 is 0 Å². The number of carbonyl (C=O) groups is 1. The molecule has 0 N–H and O–H groups in total. The van der Waals surface area contributed by atoms with Gasteiger partial charge in [0.2, 0.25) is 0 Å². The van der Waals surface area contributed by atoms with Crippen molar-refractivity contribution in [3.63, 3.8) is 0 Å². The average molecular weight is 226 g/mol. The van der Waals surface area contributed by atoms with Crippen LogP contribution in [-0.2, 0) is 4.74 Å². The summed E-state index contributed by atoms with van der Waals surface area (Å²) < 4.78 is 5.32. The minimum absolute atomic E-state index is 0.109. The molecule has 4 nitrogen and oxygen atoms in total. The topological polar surface area (TPSA) is 32.8 Å². The number of nitrogens with zero attached hydrogens (tertiary/aromatic N) is 2. The Labute approximate surface area is 97.5 Å². The van der Waals surface area contributed by atoms with Crippen LogP contribution in [0.15, 0.2) is 0 Å². The number of carbonyl (C=O) groups excluding carboxylic acids is 1. The zero-order valence-corrected chi connectivity index (χ0v) is 10.3. The van der Waals surface area contributed by atoms with Crippen molar-refractivity contribution in [2.75, 3.05) is 32.8 Å². The summed E-state index contributed by atoms with van der Waals surface area (Å²) in [5.74, 6) is 0.413. The molecule has 0 radical (unpaired) electrons. The number of ether oxygens (including phenoxy) is 1. The van der Waals surface area contributed by atoms with E-state index in [0.717, 1.165) is 39.0 Å². The predicted octanol–water partition coefficient (Wildman–Crippen LogP) is 1.56. The maximum absolute atomic E-state index is 11.9. The lowest BCUT2D eigenvalue weighted by atomic mass is 10.1. The molecule has 1 amide bonds. The van der Waals surface area contributed by atoms with Crippen LogP contribution in [0, 0.1) is 5.92 Å². The van der Waals surface area contributed by atoms with Gasteiger partial charge in [0, 0.05) is 32.2 Å². The molecule has 3 fully saturated rings. The highest BCUT2D eigenvalue weighted by atomic mass is 16.6. The van der Waals surface area contributed by atoms with E-state index in [9.17, 15) is 4.79 Å². The molecule has 0 aromatic heterocycles. The highest BCUT2D eigenvalue weighted by Crippen LogP contribution is 2.21. The van der Waals surface area contributed by atoms with Crippen LogP contribution in [0.25, 0.3) is 0 Å². The molecule has 4 heteroatoms. The minimum atomic E-state index is -0.109. The average Bonchev–Trinajstić information content (AvgIpc) is 2.59. The second-order valence-corrected chi connectivity index (χ2v) is 5.24. The second kappa shape index (κ2) is 5.04. The van der Waals surface area contributed by atoms with Crippen LogP contribution in [0.2, 0.25) is 0 Å². The Morgan fingerprint density at radius 3 is 2.56 bits per heavy atom. The van der Waals surface area contributed by atoms with Gasteiger partial charge in [-0.3, -0.25) is 0 Å². The molecule has 0 atom stereocenters. The summed E-state index contributed by atoms with van der Waals surface area (Å²) in [6, 6.07) is 0.415. The maximum atomic E-state index is 11.9. The van der Waals surface area contributed by atoms with Crippen molar-refractivity contribution in [1.29, 1.82) is 0 Å². The lowest BCUT2D eigenvalue weighted by Crippen LogP contribution is -2.42. The monoisotopic (exact) mass is 226 g/mol. The van der Waals surface area contributed by atoms with Crippen LogP contribution in [0.3, 0.4) is 0 Å². The van der Waals surface area contributed by atoms with Gasteiger partial charge in [-0.25, -0.2) is 4.79 Å². The smallest absolute Gasteiger partial charge is 0.410 e. The van der Waals surface area contributed by atoms with Crippen molar-refractivity contribution in [2.24, 2.45) is 5.92 Å². The molecule has 3 aliphatic rings. The maximum Gasteiger partial charge on any atom is 0.410 e. The van der Waals surface area contributed by atoms with E-state index in [-0.39, 0.29) is 6.09 Å². The first-order chi connectivity index (χ1) is 7.66. The summed E-state index contributed by atoms with van der Waals surface area (Å²) in [4.78, 5) is 16.3. The fourth-order valence-corrected chi connectivity index (χ4v) is 2.45. The molecule has 0 saturated carbocycles. The highest BCUT2D eigenvalue weighted by molar-refractivity contribution is 5.68. The van der Waals surface area contributed by atoms with Gasteiger partial charge in [0.05, 0.1) is 6.61 Å². The van der Waals surface area contributed by atoms with E-state index in [1.165, 1.54) is 0 Å². The Bertz CT molecular complexity index is 247. The first-order valence-corrected chi connectivity index (χ1v) is 6.32. The van der Waals surface area contributed by atoms with Crippen molar-refractivity contribution in [3.05, 3.63) is 0 Å². The molecular formula is C12H22N2O2. The van der Waals surface area contributed by atoms with E-state index in [1.807, 2.05) is 4.90 Å². The minimum Gasteiger partial charge on any atom is -0.449 e. The second-order valence-electron chi connectivity index (χ2n) is 5.24. The molecule has 0 spiro atoms. The van der Waals surface area contributed by atoms with Gasteiger partial charge in [0.25, 0.3) is 0 Å². The number of amides is 1. The highest BCUT2D eigenvalue weighted by Gasteiger charge is 2.32. The molecule has 3 saturated heterocycles. The fourth-order valence-electron chi connectivity index (χ4n) is 2.45. The molecule has 0 aliphatic carbocycles. The Balaban J connectivity index is 1.89. The van der Waals surface area contributed by atoms with Gasteiger partial charge in [-0.1, -0.05) is 13.8 Å². The molecular weight excluding hydrogens is 204 g/mol. The van der Waals surface area contributed by atoms with E-state index in [2.05, 4.69) is 18.7 Å². The molecule has 0 aromatic carbocycles. The summed E-state index contributed by atoms with van der Waals surface area (Å²) in [5, 5.41) is 0. The summed E-state index contributed by atoms with van der Waals surface area (Å²) in [6.07, 6.45) is 2.11. The number of piperidine rings is 1. The lowest BCUT2D eigenvalue weighted by molar-refractivity contribution is 0.0782. The van der Waals surface area contributed by atoms with E-state index in [0.29, 0.717) is 18.6 Å². The summed E-state index contributed by atoms with van der Waals surface area (Å²) >= 11 is 0. The van der Waals surface area contributed by atoms with Crippen molar-refractivity contribution in [2.45, 2.75) is 32.7 Å². The zero-order chi connectivity index (χ0) is 11.5. The molecule has 16 heavy (non-hydrogen) atoms. The Kier molecular flexibility index (Phi) is 3.69. The van der Waals surface area contributed by atoms with Gasteiger partial charge in [0.1, 0.15) is 0 Å². The van der Waals surface area contributed by atoms with Crippen LogP contribution in [0.1, 0.15) is 26.7 Å².